The third-order valence-electron chi connectivity index (χ3n) is 3.71. The van der Waals surface area contributed by atoms with Crippen LogP contribution in [0, 0.1) is 5.92 Å². The Labute approximate surface area is 108 Å². The summed E-state index contributed by atoms with van der Waals surface area (Å²) < 4.78 is 5.09. The maximum atomic E-state index is 12.3. The summed E-state index contributed by atoms with van der Waals surface area (Å²) in [6, 6.07) is 5.46. The minimum atomic E-state index is 0.0174. The van der Waals surface area contributed by atoms with Crippen LogP contribution in [0.1, 0.15) is 30.1 Å². The Hall–Kier alpha value is -1.71. The standard InChI is InChI=1S/C14H20N2O2/c1-9(10-4-5-10)16(2)14(17)11-6-7-13(18-3)12(15)8-11/h6-10H,4-5,15H2,1-3H3. The SMILES string of the molecule is COc1ccc(C(=O)N(C)C(C)C2CC2)cc1N. The summed E-state index contributed by atoms with van der Waals surface area (Å²) in [5.74, 6) is 1.28. The maximum absolute atomic E-state index is 12.3. The van der Waals surface area contributed by atoms with Gasteiger partial charge in [-0.1, -0.05) is 0 Å². The third kappa shape index (κ3) is 2.42. The Balaban J connectivity index is 2.14. The molecule has 1 amide bonds. The number of carbonyl (C=O) groups is 1. The van der Waals surface area contributed by atoms with Crippen LogP contribution in [0.2, 0.25) is 0 Å². The highest BCUT2D eigenvalue weighted by Crippen LogP contribution is 2.35. The molecule has 4 nitrogen and oxygen atoms in total. The van der Waals surface area contributed by atoms with Crippen molar-refractivity contribution in [3.8, 4) is 5.75 Å². The lowest BCUT2D eigenvalue weighted by molar-refractivity contribution is 0.0727. The normalized spacial score (nSPS) is 16.2. The first-order chi connectivity index (χ1) is 8.54. The molecule has 0 aromatic heterocycles. The first kappa shape index (κ1) is 12.7. The van der Waals surface area contributed by atoms with Crippen molar-refractivity contribution in [1.82, 2.24) is 4.90 Å². The fourth-order valence-electron chi connectivity index (χ4n) is 2.15. The molecule has 1 aliphatic rings. The number of methoxy groups -OCH3 is 1. The van der Waals surface area contributed by atoms with E-state index < -0.39 is 0 Å². The summed E-state index contributed by atoms with van der Waals surface area (Å²) in [7, 11) is 3.42. The van der Waals surface area contributed by atoms with Gasteiger partial charge in [-0.05, 0) is 43.9 Å². The summed E-state index contributed by atoms with van der Waals surface area (Å²) in [4.78, 5) is 14.1. The number of hydrogen-bond acceptors (Lipinski definition) is 3. The van der Waals surface area contributed by atoms with E-state index in [1.807, 2.05) is 7.05 Å². The number of benzene rings is 1. The van der Waals surface area contributed by atoms with E-state index in [0.29, 0.717) is 29.0 Å². The predicted octanol–water partition coefficient (Wildman–Crippen LogP) is 2.15. The maximum Gasteiger partial charge on any atom is 0.253 e. The van der Waals surface area contributed by atoms with Gasteiger partial charge < -0.3 is 15.4 Å². The van der Waals surface area contributed by atoms with E-state index in [-0.39, 0.29) is 5.91 Å². The fourth-order valence-corrected chi connectivity index (χ4v) is 2.15. The first-order valence-corrected chi connectivity index (χ1v) is 6.25. The number of anilines is 1. The van der Waals surface area contributed by atoms with Gasteiger partial charge in [0.25, 0.3) is 5.91 Å². The monoisotopic (exact) mass is 248 g/mol. The molecule has 1 aromatic rings. The molecule has 98 valence electrons. The lowest BCUT2D eigenvalue weighted by Gasteiger charge is -2.25. The zero-order chi connectivity index (χ0) is 13.3. The van der Waals surface area contributed by atoms with Gasteiger partial charge in [-0.15, -0.1) is 0 Å². The molecule has 1 fully saturated rings. The minimum Gasteiger partial charge on any atom is -0.495 e. The van der Waals surface area contributed by atoms with E-state index in [2.05, 4.69) is 6.92 Å². The Morgan fingerprint density at radius 3 is 2.67 bits per heavy atom. The Bertz CT molecular complexity index is 455. The van der Waals surface area contributed by atoms with Gasteiger partial charge in [0.05, 0.1) is 12.8 Å². The van der Waals surface area contributed by atoms with E-state index in [1.54, 1.807) is 30.2 Å². The van der Waals surface area contributed by atoms with Gasteiger partial charge in [0.2, 0.25) is 0 Å². The van der Waals surface area contributed by atoms with Crippen LogP contribution in [0.25, 0.3) is 0 Å². The lowest BCUT2D eigenvalue weighted by atomic mass is 10.1. The van der Waals surface area contributed by atoms with Crippen molar-refractivity contribution in [3.05, 3.63) is 23.8 Å². The average Bonchev–Trinajstić information content (AvgIpc) is 3.20. The van der Waals surface area contributed by atoms with Gasteiger partial charge in [0.1, 0.15) is 5.75 Å². The molecule has 18 heavy (non-hydrogen) atoms. The van der Waals surface area contributed by atoms with Crippen molar-refractivity contribution in [3.63, 3.8) is 0 Å². The lowest BCUT2D eigenvalue weighted by Crippen LogP contribution is -2.36. The van der Waals surface area contributed by atoms with Crippen LogP contribution >= 0.6 is 0 Å². The summed E-state index contributed by atoms with van der Waals surface area (Å²) in [6.45, 7) is 2.10. The number of nitrogens with zero attached hydrogens (tertiary/aromatic N) is 1. The van der Waals surface area contributed by atoms with Gasteiger partial charge >= 0.3 is 0 Å². The van der Waals surface area contributed by atoms with Gasteiger partial charge in [0.15, 0.2) is 0 Å². The van der Waals surface area contributed by atoms with Crippen LogP contribution in [0.5, 0.6) is 5.75 Å². The van der Waals surface area contributed by atoms with E-state index in [4.69, 9.17) is 10.5 Å². The molecular formula is C14H20N2O2. The minimum absolute atomic E-state index is 0.0174. The quantitative estimate of drug-likeness (QED) is 0.831. The molecule has 0 bridgehead atoms. The van der Waals surface area contributed by atoms with Gasteiger partial charge in [-0.25, -0.2) is 0 Å². The average molecular weight is 248 g/mol. The van der Waals surface area contributed by atoms with Crippen LogP contribution in [0.15, 0.2) is 18.2 Å². The van der Waals surface area contributed by atoms with Crippen molar-refractivity contribution in [2.45, 2.75) is 25.8 Å². The highest BCUT2D eigenvalue weighted by Gasteiger charge is 2.32. The molecule has 0 radical (unpaired) electrons. The molecule has 2 N–H and O–H groups in total. The largest absolute Gasteiger partial charge is 0.495 e. The van der Waals surface area contributed by atoms with E-state index in [0.717, 1.165) is 0 Å². The van der Waals surface area contributed by atoms with Crippen molar-refractivity contribution in [1.29, 1.82) is 0 Å². The Morgan fingerprint density at radius 1 is 1.50 bits per heavy atom. The molecule has 2 rings (SSSR count). The van der Waals surface area contributed by atoms with Crippen LogP contribution in [0.3, 0.4) is 0 Å². The number of ether oxygens (including phenoxy) is 1. The van der Waals surface area contributed by atoms with Crippen LogP contribution in [-0.4, -0.2) is 31.0 Å². The van der Waals surface area contributed by atoms with Crippen molar-refractivity contribution < 1.29 is 9.53 Å². The van der Waals surface area contributed by atoms with Crippen molar-refractivity contribution in [2.75, 3.05) is 19.9 Å². The molecule has 1 saturated carbocycles. The molecule has 0 spiro atoms. The van der Waals surface area contributed by atoms with Crippen molar-refractivity contribution in [2.24, 2.45) is 5.92 Å². The Morgan fingerprint density at radius 2 is 2.17 bits per heavy atom. The van der Waals surface area contributed by atoms with E-state index >= 15 is 0 Å². The van der Waals surface area contributed by atoms with E-state index in [9.17, 15) is 4.79 Å². The highest BCUT2D eigenvalue weighted by molar-refractivity contribution is 5.95. The van der Waals surface area contributed by atoms with Crippen LogP contribution in [-0.2, 0) is 0 Å². The molecule has 1 aromatic carbocycles. The zero-order valence-corrected chi connectivity index (χ0v) is 11.1. The fraction of sp³-hybridized carbons (Fsp3) is 0.500. The van der Waals surface area contributed by atoms with Crippen LogP contribution in [0.4, 0.5) is 5.69 Å². The Kier molecular flexibility index (Phi) is 3.45. The topological polar surface area (TPSA) is 55.6 Å². The van der Waals surface area contributed by atoms with Crippen LogP contribution < -0.4 is 10.5 Å². The van der Waals surface area contributed by atoms with Gasteiger partial charge in [-0.2, -0.15) is 0 Å². The van der Waals surface area contributed by atoms with E-state index in [1.165, 1.54) is 12.8 Å². The molecule has 0 aliphatic heterocycles. The number of rotatable bonds is 4. The number of amides is 1. The van der Waals surface area contributed by atoms with Gasteiger partial charge in [-0.3, -0.25) is 4.79 Å². The molecule has 4 heteroatoms. The summed E-state index contributed by atoms with van der Waals surface area (Å²) in [6.07, 6.45) is 2.45. The summed E-state index contributed by atoms with van der Waals surface area (Å²) in [5.41, 5.74) is 6.93. The smallest absolute Gasteiger partial charge is 0.253 e. The summed E-state index contributed by atoms with van der Waals surface area (Å²) in [5, 5.41) is 0. The second-order valence-electron chi connectivity index (χ2n) is 4.95. The number of nitrogens with two attached hydrogens (primary N) is 1. The highest BCUT2D eigenvalue weighted by atomic mass is 16.5. The molecule has 0 heterocycles. The third-order valence-corrected chi connectivity index (χ3v) is 3.71. The van der Waals surface area contributed by atoms with Gasteiger partial charge in [0, 0.05) is 18.7 Å². The first-order valence-electron chi connectivity index (χ1n) is 6.25. The molecule has 1 atom stereocenters. The number of nitrogen functional groups attached to an aromatic ring is 1. The van der Waals surface area contributed by atoms with Crippen molar-refractivity contribution >= 4 is 11.6 Å². The number of hydrogen-bond donors (Lipinski definition) is 1. The predicted molar refractivity (Wildman–Crippen MR) is 71.7 cm³/mol. The second kappa shape index (κ2) is 4.88. The molecule has 0 saturated heterocycles. The zero-order valence-electron chi connectivity index (χ0n) is 11.1. The summed E-state index contributed by atoms with van der Waals surface area (Å²) >= 11 is 0. The number of carbonyl (C=O) groups excluding carboxylic acids is 1. The second-order valence-corrected chi connectivity index (χ2v) is 4.95. The molecule has 1 unspecified atom stereocenters. The molecular weight excluding hydrogens is 228 g/mol. The molecule has 1 aliphatic carbocycles.